The van der Waals surface area contributed by atoms with Crippen LogP contribution in [0.2, 0.25) is 0 Å². The fraction of sp³-hybridized carbons (Fsp3) is 0.312. The average Bonchev–Trinajstić information content (AvgIpc) is 2.58. The second-order valence-electron chi connectivity index (χ2n) is 4.16. The first-order chi connectivity index (χ1) is 11.2. The Hall–Kier alpha value is -3.03. The molecule has 0 heterocycles. The van der Waals surface area contributed by atoms with E-state index in [1.165, 1.54) is 20.3 Å². The van der Waals surface area contributed by atoms with Gasteiger partial charge in [0.15, 0.2) is 18.1 Å². The number of carbonyl (C=O) groups excluding carboxylic acids is 1. The smallest absolute Gasteiger partial charge is 0.348 e. The molecule has 1 aromatic rings. The van der Waals surface area contributed by atoms with Crippen LogP contribution in [0.25, 0.3) is 6.08 Å². The minimum atomic E-state index is -0.728. The zero-order chi connectivity index (χ0) is 17.1. The largest absolute Gasteiger partial charge is 0.493 e. The van der Waals surface area contributed by atoms with E-state index in [9.17, 15) is 4.79 Å². The van der Waals surface area contributed by atoms with E-state index in [2.05, 4.69) is 0 Å². The molecule has 0 amide bonds. The number of hydrogen-bond acceptors (Lipinski definition) is 7. The molecule has 0 fully saturated rings. The fourth-order valence-electron chi connectivity index (χ4n) is 1.60. The van der Waals surface area contributed by atoms with E-state index in [-0.39, 0.29) is 25.4 Å². The predicted molar refractivity (Wildman–Crippen MR) is 80.5 cm³/mol. The maximum atomic E-state index is 11.8. The Morgan fingerprint density at radius 1 is 1.22 bits per heavy atom. The summed E-state index contributed by atoms with van der Waals surface area (Å²) in [7, 11) is 2.93. The van der Waals surface area contributed by atoms with Gasteiger partial charge in [-0.2, -0.15) is 10.5 Å². The highest BCUT2D eigenvalue weighted by atomic mass is 16.6. The highest BCUT2D eigenvalue weighted by Crippen LogP contribution is 2.28. The van der Waals surface area contributed by atoms with Crippen LogP contribution in [0.15, 0.2) is 23.8 Å². The van der Waals surface area contributed by atoms with Crippen molar-refractivity contribution in [1.82, 2.24) is 0 Å². The normalized spacial score (nSPS) is 10.3. The summed E-state index contributed by atoms with van der Waals surface area (Å²) in [5.41, 5.74) is 0.417. The minimum absolute atomic E-state index is 0.0681. The summed E-state index contributed by atoms with van der Waals surface area (Å²) in [5, 5.41) is 17.6. The molecule has 0 aliphatic rings. The average molecular weight is 316 g/mol. The van der Waals surface area contributed by atoms with Crippen LogP contribution >= 0.6 is 0 Å². The SMILES string of the molecule is COCCOC(=O)C(C#N)=Cc1ccc(OCC#N)c(OC)c1. The summed E-state index contributed by atoms with van der Waals surface area (Å²) >= 11 is 0. The third-order valence-corrected chi connectivity index (χ3v) is 2.65. The molecule has 1 aromatic carbocycles. The molecule has 0 bridgehead atoms. The molecule has 0 aromatic heterocycles. The van der Waals surface area contributed by atoms with Crippen LogP contribution in [0.4, 0.5) is 0 Å². The highest BCUT2D eigenvalue weighted by Gasteiger charge is 2.12. The molecule has 0 unspecified atom stereocenters. The molecule has 0 saturated carbocycles. The van der Waals surface area contributed by atoms with Gasteiger partial charge >= 0.3 is 5.97 Å². The van der Waals surface area contributed by atoms with Gasteiger partial charge in [-0.3, -0.25) is 0 Å². The molecule has 0 saturated heterocycles. The van der Waals surface area contributed by atoms with Crippen molar-refractivity contribution in [1.29, 1.82) is 10.5 Å². The maximum Gasteiger partial charge on any atom is 0.348 e. The van der Waals surface area contributed by atoms with Crippen molar-refractivity contribution >= 4 is 12.0 Å². The molecular formula is C16H16N2O5. The number of benzene rings is 1. The molecule has 120 valence electrons. The van der Waals surface area contributed by atoms with E-state index >= 15 is 0 Å². The molecule has 7 heteroatoms. The number of ether oxygens (including phenoxy) is 4. The second kappa shape index (κ2) is 9.82. The Morgan fingerprint density at radius 2 is 2.00 bits per heavy atom. The molecule has 0 aliphatic carbocycles. The van der Waals surface area contributed by atoms with Crippen molar-refractivity contribution in [3.05, 3.63) is 29.3 Å². The summed E-state index contributed by atoms with van der Waals surface area (Å²) in [6.45, 7) is 0.211. The van der Waals surface area contributed by atoms with Crippen molar-refractivity contribution in [3.63, 3.8) is 0 Å². The summed E-state index contributed by atoms with van der Waals surface area (Å²) < 4.78 is 20.0. The third kappa shape index (κ3) is 5.70. The third-order valence-electron chi connectivity index (χ3n) is 2.65. The molecule has 0 N–H and O–H groups in total. The first kappa shape index (κ1) is 18.0. The fourth-order valence-corrected chi connectivity index (χ4v) is 1.60. The minimum Gasteiger partial charge on any atom is -0.493 e. The van der Waals surface area contributed by atoms with Crippen LogP contribution in [-0.4, -0.2) is 40.0 Å². The Balaban J connectivity index is 2.94. The number of hydrogen-bond donors (Lipinski definition) is 0. The van der Waals surface area contributed by atoms with E-state index < -0.39 is 5.97 Å². The Bertz CT molecular complexity index is 655. The lowest BCUT2D eigenvalue weighted by Crippen LogP contribution is -2.11. The lowest BCUT2D eigenvalue weighted by Gasteiger charge is -2.09. The quantitative estimate of drug-likeness (QED) is 0.311. The van der Waals surface area contributed by atoms with Crippen LogP contribution in [0, 0.1) is 22.7 Å². The van der Waals surface area contributed by atoms with Gasteiger partial charge in [-0.25, -0.2) is 4.79 Å². The number of methoxy groups -OCH3 is 2. The van der Waals surface area contributed by atoms with E-state index in [1.54, 1.807) is 24.3 Å². The Kier molecular flexibility index (Phi) is 7.70. The van der Waals surface area contributed by atoms with Gasteiger partial charge in [0.25, 0.3) is 0 Å². The van der Waals surface area contributed by atoms with Gasteiger partial charge in [-0.1, -0.05) is 6.07 Å². The van der Waals surface area contributed by atoms with Crippen molar-refractivity contribution in [2.75, 3.05) is 34.0 Å². The van der Waals surface area contributed by atoms with Gasteiger partial charge in [0.1, 0.15) is 24.3 Å². The van der Waals surface area contributed by atoms with Crippen molar-refractivity contribution in [2.24, 2.45) is 0 Å². The first-order valence-electron chi connectivity index (χ1n) is 6.62. The van der Waals surface area contributed by atoms with Crippen molar-refractivity contribution in [3.8, 4) is 23.6 Å². The maximum absolute atomic E-state index is 11.8. The van der Waals surface area contributed by atoms with Gasteiger partial charge < -0.3 is 18.9 Å². The molecule has 0 atom stereocenters. The molecule has 0 aliphatic heterocycles. The van der Waals surface area contributed by atoms with E-state index in [1.807, 2.05) is 6.07 Å². The predicted octanol–water partition coefficient (Wildman–Crippen LogP) is 1.69. The van der Waals surface area contributed by atoms with Crippen LogP contribution < -0.4 is 9.47 Å². The number of nitrogens with zero attached hydrogens (tertiary/aromatic N) is 2. The van der Waals surface area contributed by atoms with E-state index in [0.29, 0.717) is 17.1 Å². The van der Waals surface area contributed by atoms with Gasteiger partial charge in [0.2, 0.25) is 0 Å². The van der Waals surface area contributed by atoms with Gasteiger partial charge in [-0.05, 0) is 23.8 Å². The first-order valence-corrected chi connectivity index (χ1v) is 6.62. The number of rotatable bonds is 8. The Morgan fingerprint density at radius 3 is 2.61 bits per heavy atom. The Labute approximate surface area is 134 Å². The standard InChI is InChI=1S/C16H16N2O5/c1-20-7-8-23-16(19)13(11-18)9-12-3-4-14(22-6-5-17)15(10-12)21-2/h3-4,9-10H,6-8H2,1-2H3. The zero-order valence-corrected chi connectivity index (χ0v) is 12.9. The topological polar surface area (TPSA) is 102 Å². The van der Waals surface area contributed by atoms with Gasteiger partial charge in [0.05, 0.1) is 13.7 Å². The van der Waals surface area contributed by atoms with Gasteiger partial charge in [-0.15, -0.1) is 0 Å². The molecule has 1 rings (SSSR count). The molecule has 0 spiro atoms. The summed E-state index contributed by atoms with van der Waals surface area (Å²) in [4.78, 5) is 11.8. The number of nitriles is 2. The molecule has 0 radical (unpaired) electrons. The van der Waals surface area contributed by atoms with Crippen LogP contribution in [0.5, 0.6) is 11.5 Å². The lowest BCUT2D eigenvalue weighted by molar-refractivity contribution is -0.139. The van der Waals surface area contributed by atoms with Crippen LogP contribution in [-0.2, 0) is 14.3 Å². The zero-order valence-electron chi connectivity index (χ0n) is 12.9. The molecular weight excluding hydrogens is 300 g/mol. The summed E-state index contributed by atoms with van der Waals surface area (Å²) in [6.07, 6.45) is 1.38. The van der Waals surface area contributed by atoms with Crippen LogP contribution in [0.3, 0.4) is 0 Å². The second-order valence-corrected chi connectivity index (χ2v) is 4.16. The molecule has 7 nitrogen and oxygen atoms in total. The lowest BCUT2D eigenvalue weighted by atomic mass is 10.1. The number of carbonyl (C=O) groups is 1. The molecule has 23 heavy (non-hydrogen) atoms. The van der Waals surface area contributed by atoms with Crippen LogP contribution in [0.1, 0.15) is 5.56 Å². The summed E-state index contributed by atoms with van der Waals surface area (Å²) in [5.74, 6) is 0.0553. The summed E-state index contributed by atoms with van der Waals surface area (Å²) in [6, 6.07) is 8.47. The monoisotopic (exact) mass is 316 g/mol. The highest BCUT2D eigenvalue weighted by molar-refractivity contribution is 5.97. The van der Waals surface area contributed by atoms with E-state index in [0.717, 1.165) is 0 Å². The van der Waals surface area contributed by atoms with Crippen molar-refractivity contribution < 1.29 is 23.7 Å². The van der Waals surface area contributed by atoms with Crippen molar-refractivity contribution in [2.45, 2.75) is 0 Å². The van der Waals surface area contributed by atoms with Gasteiger partial charge in [0, 0.05) is 7.11 Å². The van der Waals surface area contributed by atoms with E-state index in [4.69, 9.17) is 29.5 Å². The number of esters is 1.